The SMILES string of the molecule is CC[C@@H]1c2cc(OC)c(O)cc2[C@@H](c2ccc(OC)c(OC)c2)[C@@H]1C. The first-order valence-corrected chi connectivity index (χ1v) is 8.68. The average molecular weight is 342 g/mol. The molecule has 1 aliphatic rings. The number of phenols is 1. The highest BCUT2D eigenvalue weighted by Crippen LogP contribution is 2.53. The fourth-order valence-electron chi connectivity index (χ4n) is 4.27. The summed E-state index contributed by atoms with van der Waals surface area (Å²) in [5.74, 6) is 3.24. The summed E-state index contributed by atoms with van der Waals surface area (Å²) in [6, 6.07) is 9.94. The number of phenolic OH excluding ortho intramolecular Hbond substituents is 1. The zero-order valence-electron chi connectivity index (χ0n) is 15.5. The maximum absolute atomic E-state index is 10.3. The van der Waals surface area contributed by atoms with E-state index in [0.29, 0.717) is 17.6 Å². The average Bonchev–Trinajstić information content (AvgIpc) is 2.90. The largest absolute Gasteiger partial charge is 0.504 e. The number of methoxy groups -OCH3 is 3. The van der Waals surface area contributed by atoms with Crippen molar-refractivity contribution in [3.63, 3.8) is 0 Å². The molecule has 4 heteroatoms. The standard InChI is InChI=1S/C21H26O4/c1-6-14-12(2)21(13-7-8-18(23-3)20(9-13)25-5)16-10-17(22)19(24-4)11-15(14)16/h7-12,14,21-22H,6H2,1-5H3/t12-,14+,21-/m1/s1. The number of rotatable bonds is 5. The van der Waals surface area contributed by atoms with Gasteiger partial charge < -0.3 is 19.3 Å². The molecule has 3 rings (SSSR count). The van der Waals surface area contributed by atoms with E-state index in [-0.39, 0.29) is 11.7 Å². The third-order valence-corrected chi connectivity index (χ3v) is 5.49. The number of ether oxygens (including phenoxy) is 3. The normalized spacial score (nSPS) is 21.7. The maximum Gasteiger partial charge on any atom is 0.161 e. The van der Waals surface area contributed by atoms with Crippen molar-refractivity contribution in [2.45, 2.75) is 32.1 Å². The molecule has 4 nitrogen and oxygen atoms in total. The monoisotopic (exact) mass is 342 g/mol. The van der Waals surface area contributed by atoms with Crippen molar-refractivity contribution in [1.29, 1.82) is 0 Å². The van der Waals surface area contributed by atoms with Gasteiger partial charge in [0.25, 0.3) is 0 Å². The number of benzene rings is 2. The van der Waals surface area contributed by atoms with Crippen LogP contribution in [0.1, 0.15) is 48.8 Å². The van der Waals surface area contributed by atoms with Crippen LogP contribution in [-0.2, 0) is 0 Å². The lowest BCUT2D eigenvalue weighted by Crippen LogP contribution is -2.09. The zero-order chi connectivity index (χ0) is 18.1. The Bertz CT molecular complexity index is 769. The lowest BCUT2D eigenvalue weighted by atomic mass is 9.83. The topological polar surface area (TPSA) is 47.9 Å². The van der Waals surface area contributed by atoms with Gasteiger partial charge in [-0.2, -0.15) is 0 Å². The van der Waals surface area contributed by atoms with E-state index in [4.69, 9.17) is 14.2 Å². The lowest BCUT2D eigenvalue weighted by Gasteiger charge is -2.22. The van der Waals surface area contributed by atoms with Crippen molar-refractivity contribution < 1.29 is 19.3 Å². The van der Waals surface area contributed by atoms with Crippen LogP contribution in [0.5, 0.6) is 23.0 Å². The summed E-state index contributed by atoms with van der Waals surface area (Å²) in [4.78, 5) is 0. The number of fused-ring (bicyclic) bond motifs is 1. The Morgan fingerprint density at radius 2 is 1.56 bits per heavy atom. The van der Waals surface area contributed by atoms with Gasteiger partial charge in [0.1, 0.15) is 0 Å². The van der Waals surface area contributed by atoms with Crippen molar-refractivity contribution in [3.05, 3.63) is 47.0 Å². The summed E-state index contributed by atoms with van der Waals surface area (Å²) in [6.07, 6.45) is 1.05. The molecular formula is C21H26O4. The molecule has 134 valence electrons. The second-order valence-electron chi connectivity index (χ2n) is 6.62. The molecule has 1 aliphatic carbocycles. The van der Waals surface area contributed by atoms with Crippen LogP contribution < -0.4 is 14.2 Å². The van der Waals surface area contributed by atoms with Crippen LogP contribution in [0.25, 0.3) is 0 Å². The summed E-state index contributed by atoms with van der Waals surface area (Å²) in [7, 11) is 4.88. The molecule has 0 radical (unpaired) electrons. The maximum atomic E-state index is 10.3. The first kappa shape index (κ1) is 17.5. The Morgan fingerprint density at radius 3 is 2.16 bits per heavy atom. The fraction of sp³-hybridized carbons (Fsp3) is 0.429. The van der Waals surface area contributed by atoms with E-state index in [1.54, 1.807) is 21.3 Å². The molecule has 25 heavy (non-hydrogen) atoms. The summed E-state index contributed by atoms with van der Waals surface area (Å²) in [5, 5.41) is 10.3. The molecule has 0 amide bonds. The van der Waals surface area contributed by atoms with E-state index < -0.39 is 0 Å². The van der Waals surface area contributed by atoms with E-state index in [2.05, 4.69) is 19.9 Å². The lowest BCUT2D eigenvalue weighted by molar-refractivity contribution is 0.353. The highest BCUT2D eigenvalue weighted by Gasteiger charge is 2.39. The van der Waals surface area contributed by atoms with E-state index in [1.807, 2.05) is 24.3 Å². The molecule has 0 heterocycles. The smallest absolute Gasteiger partial charge is 0.161 e. The van der Waals surface area contributed by atoms with Gasteiger partial charge in [0.2, 0.25) is 0 Å². The first-order chi connectivity index (χ1) is 12.0. The molecule has 0 unspecified atom stereocenters. The van der Waals surface area contributed by atoms with Gasteiger partial charge >= 0.3 is 0 Å². The van der Waals surface area contributed by atoms with Crippen LogP contribution in [0.3, 0.4) is 0 Å². The minimum atomic E-state index is 0.190. The molecule has 0 bridgehead atoms. The number of aromatic hydroxyl groups is 1. The summed E-state index contributed by atoms with van der Waals surface area (Å²) >= 11 is 0. The fourth-order valence-corrected chi connectivity index (χ4v) is 4.27. The molecule has 2 aromatic rings. The molecule has 2 aromatic carbocycles. The van der Waals surface area contributed by atoms with Gasteiger partial charge in [-0.1, -0.05) is 19.9 Å². The summed E-state index contributed by atoms with van der Waals surface area (Å²) < 4.78 is 16.2. The van der Waals surface area contributed by atoms with E-state index in [0.717, 1.165) is 17.9 Å². The van der Waals surface area contributed by atoms with Gasteiger partial charge in [-0.05, 0) is 59.2 Å². The van der Waals surface area contributed by atoms with E-state index in [1.165, 1.54) is 16.7 Å². The highest BCUT2D eigenvalue weighted by atomic mass is 16.5. The molecule has 0 aromatic heterocycles. The van der Waals surface area contributed by atoms with Crippen LogP contribution in [0.4, 0.5) is 0 Å². The molecule has 0 aliphatic heterocycles. The van der Waals surface area contributed by atoms with Crippen LogP contribution in [0.15, 0.2) is 30.3 Å². The van der Waals surface area contributed by atoms with Gasteiger partial charge in [0, 0.05) is 5.92 Å². The second-order valence-corrected chi connectivity index (χ2v) is 6.62. The quantitative estimate of drug-likeness (QED) is 0.856. The highest BCUT2D eigenvalue weighted by molar-refractivity contribution is 5.56. The third-order valence-electron chi connectivity index (χ3n) is 5.49. The summed E-state index contributed by atoms with van der Waals surface area (Å²) in [5.41, 5.74) is 3.61. The predicted octanol–water partition coefficient (Wildman–Crippen LogP) is 4.69. The van der Waals surface area contributed by atoms with Gasteiger partial charge in [-0.3, -0.25) is 0 Å². The van der Waals surface area contributed by atoms with E-state index >= 15 is 0 Å². The van der Waals surface area contributed by atoms with Crippen LogP contribution in [0, 0.1) is 5.92 Å². The van der Waals surface area contributed by atoms with Crippen molar-refractivity contribution in [2.24, 2.45) is 5.92 Å². The molecule has 0 spiro atoms. The Hall–Kier alpha value is -2.36. The molecule has 0 saturated heterocycles. The Kier molecular flexibility index (Phi) is 4.80. The van der Waals surface area contributed by atoms with Crippen LogP contribution in [-0.4, -0.2) is 26.4 Å². The molecule has 3 atom stereocenters. The van der Waals surface area contributed by atoms with Gasteiger partial charge in [0.15, 0.2) is 23.0 Å². The van der Waals surface area contributed by atoms with Gasteiger partial charge in [-0.15, -0.1) is 0 Å². The number of hydrogen-bond acceptors (Lipinski definition) is 4. The Labute approximate surface area is 149 Å². The molecule has 1 N–H and O–H groups in total. The van der Waals surface area contributed by atoms with Crippen LogP contribution in [0.2, 0.25) is 0 Å². The van der Waals surface area contributed by atoms with Crippen LogP contribution >= 0.6 is 0 Å². The van der Waals surface area contributed by atoms with Gasteiger partial charge in [0.05, 0.1) is 21.3 Å². The second kappa shape index (κ2) is 6.87. The Balaban J connectivity index is 2.14. The minimum Gasteiger partial charge on any atom is -0.504 e. The van der Waals surface area contributed by atoms with Crippen molar-refractivity contribution in [3.8, 4) is 23.0 Å². The zero-order valence-corrected chi connectivity index (χ0v) is 15.5. The first-order valence-electron chi connectivity index (χ1n) is 8.68. The predicted molar refractivity (Wildman–Crippen MR) is 98.2 cm³/mol. The van der Waals surface area contributed by atoms with Crippen molar-refractivity contribution in [1.82, 2.24) is 0 Å². The molecule has 0 saturated carbocycles. The summed E-state index contributed by atoms with van der Waals surface area (Å²) in [6.45, 7) is 4.49. The third kappa shape index (κ3) is 2.80. The molecule has 0 fully saturated rings. The van der Waals surface area contributed by atoms with Crippen molar-refractivity contribution in [2.75, 3.05) is 21.3 Å². The number of hydrogen-bond donors (Lipinski definition) is 1. The Morgan fingerprint density at radius 1 is 0.880 bits per heavy atom. The minimum absolute atomic E-state index is 0.190. The van der Waals surface area contributed by atoms with Crippen molar-refractivity contribution >= 4 is 0 Å². The molecular weight excluding hydrogens is 316 g/mol. The van der Waals surface area contributed by atoms with Gasteiger partial charge in [-0.25, -0.2) is 0 Å². The van der Waals surface area contributed by atoms with E-state index in [9.17, 15) is 5.11 Å².